The maximum Gasteiger partial charge on any atom is 0.249 e. The van der Waals surface area contributed by atoms with Crippen LogP contribution < -0.4 is 5.32 Å². The van der Waals surface area contributed by atoms with Crippen molar-refractivity contribution in [1.29, 1.82) is 0 Å². The fourth-order valence-electron chi connectivity index (χ4n) is 5.81. The molecule has 0 aromatic rings. The minimum Gasteiger partial charge on any atom is -0.394 e. The SMILES string of the molecule is CCCCCCCCCCCCCCCCCCCCCC(O)C(=O)NC(CO)C(O)C(O)CCCCCCCCC. The van der Waals surface area contributed by atoms with Gasteiger partial charge in [-0.05, 0) is 12.8 Å². The molecule has 1 amide bonds. The fraction of sp³-hybridized carbons (Fsp3) is 0.972. The Morgan fingerprint density at radius 2 is 0.810 bits per heavy atom. The van der Waals surface area contributed by atoms with Gasteiger partial charge in [-0.1, -0.05) is 181 Å². The molecule has 0 aromatic heterocycles. The zero-order valence-corrected chi connectivity index (χ0v) is 28.0. The maximum atomic E-state index is 12.4. The molecule has 0 aliphatic heterocycles. The van der Waals surface area contributed by atoms with Crippen LogP contribution in [0.1, 0.15) is 194 Å². The molecule has 0 bridgehead atoms. The molecule has 42 heavy (non-hydrogen) atoms. The summed E-state index contributed by atoms with van der Waals surface area (Å²) in [6.07, 6.45) is 30.0. The molecule has 0 radical (unpaired) electrons. The monoisotopic (exact) mass is 600 g/mol. The average molecular weight is 600 g/mol. The van der Waals surface area contributed by atoms with Crippen LogP contribution in [0.3, 0.4) is 0 Å². The van der Waals surface area contributed by atoms with Crippen molar-refractivity contribution in [3.05, 3.63) is 0 Å². The number of aliphatic hydroxyl groups excluding tert-OH is 4. The van der Waals surface area contributed by atoms with Crippen molar-refractivity contribution in [2.45, 2.75) is 218 Å². The van der Waals surface area contributed by atoms with Gasteiger partial charge >= 0.3 is 0 Å². The second-order valence-corrected chi connectivity index (χ2v) is 12.9. The van der Waals surface area contributed by atoms with Crippen LogP contribution in [-0.2, 0) is 4.79 Å². The van der Waals surface area contributed by atoms with Crippen LogP contribution in [0.4, 0.5) is 0 Å². The van der Waals surface area contributed by atoms with E-state index in [1.807, 2.05) is 0 Å². The molecule has 0 rings (SSSR count). The standard InChI is InChI=1S/C36H73NO5/c1-3-5-7-9-11-12-13-14-15-16-17-18-19-20-21-22-24-26-28-30-34(40)36(42)37-32(31-38)35(41)33(39)29-27-25-23-10-8-6-4-2/h32-35,38-41H,3-31H2,1-2H3,(H,37,42). The van der Waals surface area contributed by atoms with E-state index in [0.717, 1.165) is 38.5 Å². The van der Waals surface area contributed by atoms with Gasteiger partial charge in [-0.3, -0.25) is 4.79 Å². The summed E-state index contributed by atoms with van der Waals surface area (Å²) in [5.41, 5.74) is 0. The molecule has 0 saturated heterocycles. The minimum absolute atomic E-state index is 0.375. The Morgan fingerprint density at radius 3 is 1.14 bits per heavy atom. The van der Waals surface area contributed by atoms with Gasteiger partial charge in [0.2, 0.25) is 5.91 Å². The Morgan fingerprint density at radius 1 is 0.500 bits per heavy atom. The van der Waals surface area contributed by atoms with E-state index in [4.69, 9.17) is 0 Å². The van der Waals surface area contributed by atoms with E-state index in [1.54, 1.807) is 0 Å². The third-order valence-electron chi connectivity index (χ3n) is 8.82. The highest BCUT2D eigenvalue weighted by Gasteiger charge is 2.28. The van der Waals surface area contributed by atoms with Crippen molar-refractivity contribution in [3.63, 3.8) is 0 Å². The Kier molecular flexibility index (Phi) is 31.2. The second kappa shape index (κ2) is 31.7. The van der Waals surface area contributed by atoms with Crippen LogP contribution in [0, 0.1) is 0 Å². The highest BCUT2D eigenvalue weighted by atomic mass is 16.3. The van der Waals surface area contributed by atoms with Gasteiger partial charge in [-0.25, -0.2) is 0 Å². The molecule has 0 aliphatic carbocycles. The quantitative estimate of drug-likeness (QED) is 0.0486. The number of rotatable bonds is 33. The zero-order valence-electron chi connectivity index (χ0n) is 28.0. The molecular formula is C36H73NO5. The van der Waals surface area contributed by atoms with E-state index in [2.05, 4.69) is 19.2 Å². The van der Waals surface area contributed by atoms with Gasteiger partial charge in [0.05, 0.1) is 18.8 Å². The number of carbonyl (C=O) groups excluding carboxylic acids is 1. The van der Waals surface area contributed by atoms with Crippen molar-refractivity contribution >= 4 is 5.91 Å². The summed E-state index contributed by atoms with van der Waals surface area (Å²) in [5.74, 6) is -0.585. The number of carbonyl (C=O) groups is 1. The van der Waals surface area contributed by atoms with Crippen LogP contribution in [-0.4, -0.2) is 57.3 Å². The number of hydrogen-bond donors (Lipinski definition) is 5. The number of nitrogens with one attached hydrogen (secondary N) is 1. The third-order valence-corrected chi connectivity index (χ3v) is 8.82. The average Bonchev–Trinajstić information content (AvgIpc) is 2.99. The fourth-order valence-corrected chi connectivity index (χ4v) is 5.81. The van der Waals surface area contributed by atoms with Crippen molar-refractivity contribution in [3.8, 4) is 0 Å². The van der Waals surface area contributed by atoms with Crippen molar-refractivity contribution in [2.75, 3.05) is 6.61 Å². The van der Waals surface area contributed by atoms with Gasteiger partial charge in [-0.15, -0.1) is 0 Å². The van der Waals surface area contributed by atoms with Crippen molar-refractivity contribution in [1.82, 2.24) is 5.32 Å². The summed E-state index contributed by atoms with van der Waals surface area (Å²) in [4.78, 5) is 12.4. The summed E-state index contributed by atoms with van der Waals surface area (Å²) in [6.45, 7) is 3.99. The lowest BCUT2D eigenvalue weighted by Gasteiger charge is -2.27. The van der Waals surface area contributed by atoms with E-state index in [-0.39, 0.29) is 0 Å². The molecule has 0 fully saturated rings. The summed E-state index contributed by atoms with van der Waals surface area (Å²) < 4.78 is 0. The van der Waals surface area contributed by atoms with Crippen molar-refractivity contribution < 1.29 is 25.2 Å². The molecule has 5 N–H and O–H groups in total. The first-order chi connectivity index (χ1) is 20.5. The lowest BCUT2D eigenvalue weighted by atomic mass is 9.99. The van der Waals surface area contributed by atoms with Gasteiger partial charge in [0.25, 0.3) is 0 Å². The first-order valence-electron chi connectivity index (χ1n) is 18.4. The predicted octanol–water partition coefficient (Wildman–Crippen LogP) is 8.51. The van der Waals surface area contributed by atoms with Crippen molar-refractivity contribution in [2.24, 2.45) is 0 Å². The number of hydrogen-bond acceptors (Lipinski definition) is 5. The molecule has 252 valence electrons. The predicted molar refractivity (Wildman–Crippen MR) is 178 cm³/mol. The molecule has 0 spiro atoms. The molecule has 0 aromatic carbocycles. The smallest absolute Gasteiger partial charge is 0.249 e. The molecule has 4 unspecified atom stereocenters. The van der Waals surface area contributed by atoms with Crippen LogP contribution in [0.15, 0.2) is 0 Å². The first kappa shape index (κ1) is 41.3. The highest BCUT2D eigenvalue weighted by molar-refractivity contribution is 5.80. The van der Waals surface area contributed by atoms with Gasteiger partial charge in [0.1, 0.15) is 12.2 Å². The topological polar surface area (TPSA) is 110 Å². The van der Waals surface area contributed by atoms with E-state index < -0.39 is 36.9 Å². The first-order valence-corrected chi connectivity index (χ1v) is 18.4. The number of amides is 1. The van der Waals surface area contributed by atoms with Crippen LogP contribution >= 0.6 is 0 Å². The molecule has 6 nitrogen and oxygen atoms in total. The lowest BCUT2D eigenvalue weighted by Crippen LogP contribution is -2.53. The summed E-state index contributed by atoms with van der Waals surface area (Å²) >= 11 is 0. The maximum absolute atomic E-state index is 12.4. The van der Waals surface area contributed by atoms with Gasteiger partial charge in [0.15, 0.2) is 0 Å². The minimum atomic E-state index is -1.25. The van der Waals surface area contributed by atoms with Gasteiger partial charge in [-0.2, -0.15) is 0 Å². The van der Waals surface area contributed by atoms with Gasteiger partial charge in [0, 0.05) is 0 Å². The lowest BCUT2D eigenvalue weighted by molar-refractivity contribution is -0.132. The Labute approximate surface area is 260 Å². The largest absolute Gasteiger partial charge is 0.394 e. The van der Waals surface area contributed by atoms with E-state index in [1.165, 1.54) is 128 Å². The zero-order chi connectivity index (χ0) is 31.1. The van der Waals surface area contributed by atoms with E-state index in [9.17, 15) is 25.2 Å². The molecule has 0 heterocycles. The van der Waals surface area contributed by atoms with E-state index in [0.29, 0.717) is 12.8 Å². The molecular weight excluding hydrogens is 526 g/mol. The molecule has 0 saturated carbocycles. The summed E-state index contributed by atoms with van der Waals surface area (Å²) in [6, 6.07) is -0.975. The summed E-state index contributed by atoms with van der Waals surface area (Å²) in [7, 11) is 0. The molecule has 6 heteroatoms. The molecule has 0 aliphatic rings. The van der Waals surface area contributed by atoms with E-state index >= 15 is 0 Å². The van der Waals surface area contributed by atoms with Crippen LogP contribution in [0.5, 0.6) is 0 Å². The van der Waals surface area contributed by atoms with Crippen LogP contribution in [0.2, 0.25) is 0 Å². The molecule has 4 atom stereocenters. The number of aliphatic hydroxyl groups is 4. The van der Waals surface area contributed by atoms with Crippen LogP contribution in [0.25, 0.3) is 0 Å². The third kappa shape index (κ3) is 25.8. The Balaban J connectivity index is 3.68. The second-order valence-electron chi connectivity index (χ2n) is 12.9. The normalized spacial score (nSPS) is 14.5. The Bertz CT molecular complexity index is 561. The Hall–Kier alpha value is -0.690. The summed E-state index contributed by atoms with van der Waals surface area (Å²) in [5, 5.41) is 43.2. The van der Waals surface area contributed by atoms with Gasteiger partial charge < -0.3 is 25.7 Å². The highest BCUT2D eigenvalue weighted by Crippen LogP contribution is 2.16. The number of unbranched alkanes of at least 4 members (excludes halogenated alkanes) is 24.